The summed E-state index contributed by atoms with van der Waals surface area (Å²) >= 11 is 0. The number of hydrogen-bond acceptors (Lipinski definition) is 7. The summed E-state index contributed by atoms with van der Waals surface area (Å²) in [6.07, 6.45) is 2.44. The van der Waals surface area contributed by atoms with Gasteiger partial charge >= 0.3 is 0 Å². The van der Waals surface area contributed by atoms with Crippen LogP contribution in [-0.2, 0) is 14.8 Å². The number of aryl methyl sites for hydroxylation is 1. The van der Waals surface area contributed by atoms with Crippen molar-refractivity contribution >= 4 is 32.7 Å². The van der Waals surface area contributed by atoms with Crippen molar-refractivity contribution in [1.29, 1.82) is 0 Å². The highest BCUT2D eigenvalue weighted by atomic mass is 32.2. The van der Waals surface area contributed by atoms with Crippen LogP contribution in [0.1, 0.15) is 5.56 Å². The van der Waals surface area contributed by atoms with Crippen molar-refractivity contribution in [2.45, 2.75) is 12.1 Å². The Kier molecular flexibility index (Phi) is 5.67. The van der Waals surface area contributed by atoms with Crippen molar-refractivity contribution in [3.05, 3.63) is 59.0 Å². The molecular weight excluding hydrogens is 410 g/mol. The summed E-state index contributed by atoms with van der Waals surface area (Å²) in [5.41, 5.74) is 0.764. The number of anilines is 1. The van der Waals surface area contributed by atoms with Crippen LogP contribution in [0.25, 0.3) is 16.7 Å². The average Bonchev–Trinajstić information content (AvgIpc) is 2.74. The van der Waals surface area contributed by atoms with Crippen LogP contribution in [0.5, 0.6) is 5.75 Å². The quantitative estimate of drug-likeness (QED) is 0.443. The number of carbonyl (C=O) groups is 1. The van der Waals surface area contributed by atoms with Gasteiger partial charge in [0.15, 0.2) is 11.4 Å². The van der Waals surface area contributed by atoms with Gasteiger partial charge in [-0.2, -0.15) is 4.98 Å². The summed E-state index contributed by atoms with van der Waals surface area (Å²) in [6, 6.07) is 6.43. The van der Waals surface area contributed by atoms with Gasteiger partial charge in [-0.1, -0.05) is 12.6 Å². The van der Waals surface area contributed by atoms with E-state index in [1.165, 1.54) is 24.9 Å². The second-order valence-corrected chi connectivity index (χ2v) is 7.92. The molecule has 0 aliphatic carbocycles. The molecule has 10 nitrogen and oxygen atoms in total. The monoisotopic (exact) mass is 429 g/mol. The molecule has 1 amide bonds. The average molecular weight is 429 g/mol. The number of benzene rings is 1. The van der Waals surface area contributed by atoms with Crippen LogP contribution in [0.15, 0.2) is 53.1 Å². The van der Waals surface area contributed by atoms with Crippen LogP contribution >= 0.6 is 0 Å². The highest BCUT2D eigenvalue weighted by Crippen LogP contribution is 2.26. The minimum absolute atomic E-state index is 0.0656. The summed E-state index contributed by atoms with van der Waals surface area (Å²) in [4.78, 5) is 32.9. The summed E-state index contributed by atoms with van der Waals surface area (Å²) in [6.45, 7) is 5.06. The maximum absolute atomic E-state index is 13.2. The molecule has 0 bridgehead atoms. The van der Waals surface area contributed by atoms with E-state index in [1.807, 2.05) is 0 Å². The van der Waals surface area contributed by atoms with Gasteiger partial charge in [-0.15, -0.1) is 0 Å². The van der Waals surface area contributed by atoms with Crippen molar-refractivity contribution in [3.8, 4) is 11.4 Å². The smallest absolute Gasteiger partial charge is 0.299 e. The Balaban J connectivity index is 2.39. The summed E-state index contributed by atoms with van der Waals surface area (Å²) < 4.78 is 33.0. The van der Waals surface area contributed by atoms with E-state index in [9.17, 15) is 18.0 Å². The first-order valence-corrected chi connectivity index (χ1v) is 10.2. The van der Waals surface area contributed by atoms with Gasteiger partial charge in [-0.25, -0.2) is 18.1 Å². The number of carbonyl (C=O) groups excluding carboxylic acids is 1. The number of methoxy groups -OCH3 is 1. The maximum atomic E-state index is 13.2. The van der Waals surface area contributed by atoms with Crippen LogP contribution in [0.2, 0.25) is 0 Å². The van der Waals surface area contributed by atoms with E-state index in [4.69, 9.17) is 4.74 Å². The molecule has 2 aromatic heterocycles. The van der Waals surface area contributed by atoms with E-state index in [-0.39, 0.29) is 11.4 Å². The van der Waals surface area contributed by atoms with Crippen molar-refractivity contribution in [3.63, 3.8) is 0 Å². The molecule has 0 radical (unpaired) electrons. The first-order valence-electron chi connectivity index (χ1n) is 8.67. The number of aromatic nitrogens is 3. The van der Waals surface area contributed by atoms with E-state index >= 15 is 0 Å². The topological polar surface area (TPSA) is 132 Å². The van der Waals surface area contributed by atoms with Crippen LogP contribution < -0.4 is 20.3 Å². The van der Waals surface area contributed by atoms with Gasteiger partial charge in [0.2, 0.25) is 5.91 Å². The van der Waals surface area contributed by atoms with Crippen molar-refractivity contribution in [2.75, 3.05) is 19.5 Å². The van der Waals surface area contributed by atoms with Gasteiger partial charge in [0.25, 0.3) is 20.7 Å². The molecule has 2 N–H and O–H groups in total. The summed E-state index contributed by atoms with van der Waals surface area (Å²) in [5.74, 6) is -0.355. The third-order valence-corrected chi connectivity index (χ3v) is 5.59. The van der Waals surface area contributed by atoms with Gasteiger partial charge in [-0.05, 0) is 38.2 Å². The van der Waals surface area contributed by atoms with Crippen LogP contribution in [0.4, 0.5) is 5.69 Å². The fourth-order valence-corrected chi connectivity index (χ4v) is 3.47. The molecule has 0 spiro atoms. The Morgan fingerprint density at radius 2 is 2.07 bits per heavy atom. The second-order valence-electron chi connectivity index (χ2n) is 6.14. The molecule has 3 rings (SSSR count). The molecule has 0 atom stereocenters. The predicted molar refractivity (Wildman–Crippen MR) is 111 cm³/mol. The molecule has 156 valence electrons. The first-order chi connectivity index (χ1) is 14.2. The predicted octanol–water partition coefficient (Wildman–Crippen LogP) is 1.13. The lowest BCUT2D eigenvalue weighted by molar-refractivity contribution is -0.111. The minimum atomic E-state index is -3.94. The highest BCUT2D eigenvalue weighted by Gasteiger charge is 2.22. The van der Waals surface area contributed by atoms with Crippen molar-refractivity contribution < 1.29 is 17.9 Å². The maximum Gasteiger partial charge on any atom is 0.299 e. The third-order valence-electron chi connectivity index (χ3n) is 4.37. The van der Waals surface area contributed by atoms with Crippen molar-refractivity contribution in [2.24, 2.45) is 0 Å². The second kappa shape index (κ2) is 8.05. The third kappa shape index (κ3) is 3.67. The Morgan fingerprint density at radius 1 is 1.33 bits per heavy atom. The van der Waals surface area contributed by atoms with Gasteiger partial charge in [0.05, 0.1) is 12.8 Å². The SMILES string of the molecule is C=CC(=O)Nc1cccc(-n2c(=O)c(OC)c(C)c3cnc(S(=O)(=O)NC)nc32)c1. The molecule has 0 fully saturated rings. The van der Waals surface area contributed by atoms with E-state index in [1.54, 1.807) is 31.2 Å². The molecule has 0 aliphatic rings. The molecule has 11 heteroatoms. The normalized spacial score (nSPS) is 11.3. The molecule has 3 aromatic rings. The Bertz CT molecular complexity index is 1330. The zero-order valence-corrected chi connectivity index (χ0v) is 17.3. The largest absolute Gasteiger partial charge is 0.491 e. The van der Waals surface area contributed by atoms with E-state index in [0.717, 1.165) is 6.08 Å². The van der Waals surface area contributed by atoms with Crippen LogP contribution in [0.3, 0.4) is 0 Å². The fourth-order valence-electron chi connectivity index (χ4n) is 2.89. The molecular formula is C19H19N5O5S. The zero-order valence-electron chi connectivity index (χ0n) is 16.5. The molecule has 2 heterocycles. The molecule has 0 unspecified atom stereocenters. The lowest BCUT2D eigenvalue weighted by Gasteiger charge is -2.15. The number of pyridine rings is 1. The van der Waals surface area contributed by atoms with E-state index < -0.39 is 26.6 Å². The van der Waals surface area contributed by atoms with E-state index in [2.05, 4.69) is 26.6 Å². The number of hydrogen-bond donors (Lipinski definition) is 2. The van der Waals surface area contributed by atoms with Crippen LogP contribution in [0, 0.1) is 6.92 Å². The Hall–Kier alpha value is -3.57. The Morgan fingerprint density at radius 3 is 2.70 bits per heavy atom. The van der Waals surface area contributed by atoms with Gasteiger partial charge < -0.3 is 10.1 Å². The lowest BCUT2D eigenvalue weighted by atomic mass is 10.1. The van der Waals surface area contributed by atoms with Crippen molar-refractivity contribution in [1.82, 2.24) is 19.3 Å². The molecule has 0 aliphatic heterocycles. The highest BCUT2D eigenvalue weighted by molar-refractivity contribution is 7.89. The minimum Gasteiger partial charge on any atom is -0.491 e. The number of fused-ring (bicyclic) bond motifs is 1. The lowest BCUT2D eigenvalue weighted by Crippen LogP contribution is -2.25. The standard InChI is InChI=1S/C19H19N5O5S/c1-5-15(25)22-12-7-6-8-13(9-12)24-17-14(11(2)16(29-4)18(24)26)10-21-19(23-17)30(27,28)20-3/h5-10,20H,1H2,2-4H3,(H,22,25). The number of sulfonamides is 1. The number of nitrogens with one attached hydrogen (secondary N) is 2. The van der Waals surface area contributed by atoms with Gasteiger partial charge in [-0.3, -0.25) is 14.2 Å². The molecule has 0 saturated heterocycles. The fraction of sp³-hybridized carbons (Fsp3) is 0.158. The number of ether oxygens (including phenoxy) is 1. The zero-order chi connectivity index (χ0) is 22.1. The van der Waals surface area contributed by atoms with Gasteiger partial charge in [0, 0.05) is 22.8 Å². The van der Waals surface area contributed by atoms with E-state index in [0.29, 0.717) is 22.3 Å². The molecule has 1 aromatic carbocycles. The van der Waals surface area contributed by atoms with Crippen LogP contribution in [-0.4, -0.2) is 43.0 Å². The summed E-state index contributed by atoms with van der Waals surface area (Å²) in [7, 11) is -1.34. The number of rotatable bonds is 6. The van der Waals surface area contributed by atoms with Gasteiger partial charge in [0.1, 0.15) is 0 Å². The summed E-state index contributed by atoms with van der Waals surface area (Å²) in [5, 5.41) is 2.56. The number of amides is 1. The first kappa shape index (κ1) is 21.1. The number of nitrogens with zero attached hydrogens (tertiary/aromatic N) is 3. The molecule has 0 saturated carbocycles. The Labute approximate surface area is 172 Å². The molecule has 30 heavy (non-hydrogen) atoms.